The Morgan fingerprint density at radius 1 is 1.05 bits per heavy atom. The highest BCUT2D eigenvalue weighted by atomic mass is 32.2. The van der Waals surface area contributed by atoms with Crippen LogP contribution in [-0.4, -0.2) is 34.6 Å². The van der Waals surface area contributed by atoms with E-state index < -0.39 is 18.3 Å². The summed E-state index contributed by atoms with van der Waals surface area (Å²) in [6.45, 7) is 17.4. The molecule has 0 saturated carbocycles. The fraction of sp³-hybridized carbons (Fsp3) is 0.448. The van der Waals surface area contributed by atoms with Crippen molar-refractivity contribution in [3.05, 3.63) is 70.9 Å². The molecule has 0 fully saturated rings. The highest BCUT2D eigenvalue weighted by Gasteiger charge is 2.37. The minimum absolute atomic E-state index is 0.0546. The molecule has 6 nitrogen and oxygen atoms in total. The Kier molecular flexibility index (Phi) is 8.79. The Morgan fingerprint density at radius 2 is 1.70 bits per heavy atom. The molecule has 202 valence electrons. The van der Waals surface area contributed by atoms with Crippen LogP contribution in [0.3, 0.4) is 0 Å². The van der Waals surface area contributed by atoms with Gasteiger partial charge in [-0.15, -0.1) is 0 Å². The van der Waals surface area contributed by atoms with Gasteiger partial charge >= 0.3 is 0 Å². The average Bonchev–Trinajstić information content (AvgIpc) is 3.19. The molecule has 1 heterocycles. The van der Waals surface area contributed by atoms with E-state index in [0.717, 1.165) is 22.1 Å². The maximum absolute atomic E-state index is 14.0. The Bertz CT molecular complexity index is 1380. The van der Waals surface area contributed by atoms with Gasteiger partial charge < -0.3 is 13.9 Å². The fourth-order valence-corrected chi connectivity index (χ4v) is 6.21. The lowest BCUT2D eigenvalue weighted by Gasteiger charge is -2.36. The van der Waals surface area contributed by atoms with Gasteiger partial charge in [-0.05, 0) is 74.8 Å². The lowest BCUT2D eigenvalue weighted by Crippen LogP contribution is -2.40. The summed E-state index contributed by atoms with van der Waals surface area (Å²) < 4.78 is 47.1. The van der Waals surface area contributed by atoms with Crippen LogP contribution in [0.4, 0.5) is 0 Å². The van der Waals surface area contributed by atoms with E-state index in [1.807, 2.05) is 57.2 Å². The molecule has 0 amide bonds. The van der Waals surface area contributed by atoms with Gasteiger partial charge in [-0.25, -0.2) is 12.4 Å². The number of ether oxygens (including phenoxy) is 2. The molecule has 37 heavy (non-hydrogen) atoms. The predicted octanol–water partition coefficient (Wildman–Crippen LogP) is 7.20. The molecule has 0 atom stereocenters. The van der Waals surface area contributed by atoms with E-state index in [9.17, 15) is 8.42 Å². The SMILES string of the molecule is COCOc1cc(CO[Si](C)(C)C(C)(C)C)cc2c1cc(CC=C(C)C)n2S(=O)(=O)c1ccc(C)cc1. The second-order valence-electron chi connectivity index (χ2n) is 11.3. The summed E-state index contributed by atoms with van der Waals surface area (Å²) in [5, 5.41) is 0.778. The third-order valence-electron chi connectivity index (χ3n) is 6.99. The summed E-state index contributed by atoms with van der Waals surface area (Å²) >= 11 is 0. The van der Waals surface area contributed by atoms with Crippen molar-refractivity contribution in [1.29, 1.82) is 0 Å². The van der Waals surface area contributed by atoms with Crippen LogP contribution in [0, 0.1) is 6.92 Å². The molecule has 0 aliphatic heterocycles. The number of benzene rings is 2. The molecule has 8 heteroatoms. The number of methoxy groups -OCH3 is 1. The van der Waals surface area contributed by atoms with Gasteiger partial charge in [0, 0.05) is 24.6 Å². The number of aryl methyl sites for hydroxylation is 1. The summed E-state index contributed by atoms with van der Waals surface area (Å²) in [5.41, 5.74) is 4.21. The van der Waals surface area contributed by atoms with Crippen LogP contribution in [0.2, 0.25) is 18.1 Å². The van der Waals surface area contributed by atoms with Crippen molar-refractivity contribution in [2.75, 3.05) is 13.9 Å². The van der Waals surface area contributed by atoms with Gasteiger partial charge in [-0.3, -0.25) is 0 Å². The summed E-state index contributed by atoms with van der Waals surface area (Å²) in [6.07, 6.45) is 2.51. The third-order valence-corrected chi connectivity index (χ3v) is 13.2. The van der Waals surface area contributed by atoms with Crippen LogP contribution in [0.1, 0.15) is 51.4 Å². The average molecular weight is 544 g/mol. The molecule has 0 aliphatic rings. The predicted molar refractivity (Wildman–Crippen MR) is 153 cm³/mol. The summed E-state index contributed by atoms with van der Waals surface area (Å²) in [7, 11) is -4.33. The number of hydrogen-bond donors (Lipinski definition) is 0. The van der Waals surface area contributed by atoms with Gasteiger partial charge in [0.15, 0.2) is 15.1 Å². The Morgan fingerprint density at radius 3 is 2.27 bits per heavy atom. The molecular formula is C29H41NO5SSi. The summed E-state index contributed by atoms with van der Waals surface area (Å²) in [6, 6.07) is 12.7. The minimum atomic E-state index is -3.87. The van der Waals surface area contributed by atoms with Crippen molar-refractivity contribution >= 4 is 29.2 Å². The number of rotatable bonds is 10. The number of nitrogens with zero attached hydrogens (tertiary/aromatic N) is 1. The normalized spacial score (nSPS) is 12.7. The summed E-state index contributed by atoms with van der Waals surface area (Å²) in [4.78, 5) is 0.247. The number of fused-ring (bicyclic) bond motifs is 1. The smallest absolute Gasteiger partial charge is 0.268 e. The van der Waals surface area contributed by atoms with Gasteiger partial charge in [0.2, 0.25) is 0 Å². The Balaban J connectivity index is 2.25. The topological polar surface area (TPSA) is 66.8 Å². The van der Waals surface area contributed by atoms with Gasteiger partial charge in [0.1, 0.15) is 5.75 Å². The standard InChI is InChI=1S/C29H41NO5SSi/c1-21(2)10-13-24-18-26-27(30(24)36(31,32)25-14-11-22(3)12-15-25)16-23(17-28(26)34-20-33-7)19-35-37(8,9)29(4,5)6/h10-12,14-18H,13,19-20H2,1-9H3. The van der Waals surface area contributed by atoms with Gasteiger partial charge in [0.05, 0.1) is 17.0 Å². The molecule has 3 rings (SSSR count). The van der Waals surface area contributed by atoms with Crippen LogP contribution < -0.4 is 4.74 Å². The monoisotopic (exact) mass is 543 g/mol. The zero-order chi connectivity index (χ0) is 27.6. The molecule has 1 aromatic heterocycles. The lowest BCUT2D eigenvalue weighted by atomic mass is 10.1. The van der Waals surface area contributed by atoms with E-state index >= 15 is 0 Å². The quantitative estimate of drug-likeness (QED) is 0.154. The first kappa shape index (κ1) is 29.2. The number of allylic oxidation sites excluding steroid dienone is 2. The molecule has 0 radical (unpaired) electrons. The van der Waals surface area contributed by atoms with Crippen LogP contribution in [-0.2, 0) is 32.2 Å². The summed E-state index contributed by atoms with van der Waals surface area (Å²) in [5.74, 6) is 0.574. The van der Waals surface area contributed by atoms with E-state index in [2.05, 4.69) is 33.9 Å². The Labute approximate surface area is 223 Å². The number of aromatic nitrogens is 1. The van der Waals surface area contributed by atoms with Crippen molar-refractivity contribution in [2.45, 2.75) is 77.6 Å². The first-order chi connectivity index (χ1) is 17.2. The van der Waals surface area contributed by atoms with Gasteiger partial charge in [-0.1, -0.05) is 50.1 Å². The van der Waals surface area contributed by atoms with Crippen LogP contribution in [0.25, 0.3) is 10.9 Å². The van der Waals surface area contributed by atoms with E-state index in [0.29, 0.717) is 30.0 Å². The second-order valence-corrected chi connectivity index (χ2v) is 17.9. The maximum Gasteiger partial charge on any atom is 0.268 e. The maximum atomic E-state index is 14.0. The minimum Gasteiger partial charge on any atom is -0.467 e. The highest BCUT2D eigenvalue weighted by Crippen LogP contribution is 2.38. The van der Waals surface area contributed by atoms with E-state index in [-0.39, 0.29) is 16.7 Å². The molecule has 0 spiro atoms. The second kappa shape index (κ2) is 11.2. The van der Waals surface area contributed by atoms with E-state index in [4.69, 9.17) is 13.9 Å². The molecule has 0 saturated heterocycles. The van der Waals surface area contributed by atoms with E-state index in [1.165, 1.54) is 3.97 Å². The highest BCUT2D eigenvalue weighted by molar-refractivity contribution is 7.90. The molecule has 0 N–H and O–H groups in total. The first-order valence-electron chi connectivity index (χ1n) is 12.6. The first-order valence-corrected chi connectivity index (χ1v) is 16.9. The zero-order valence-corrected chi connectivity index (χ0v) is 25.5. The zero-order valence-electron chi connectivity index (χ0n) is 23.6. The lowest BCUT2D eigenvalue weighted by molar-refractivity contribution is 0.0521. The molecular weight excluding hydrogens is 502 g/mol. The van der Waals surface area contributed by atoms with Crippen LogP contribution >= 0.6 is 0 Å². The van der Waals surface area contributed by atoms with Gasteiger partial charge in [0.25, 0.3) is 10.0 Å². The largest absolute Gasteiger partial charge is 0.467 e. The van der Waals surface area contributed by atoms with E-state index in [1.54, 1.807) is 19.2 Å². The fourth-order valence-electron chi connectivity index (χ4n) is 3.72. The molecule has 0 unspecified atom stereocenters. The molecule has 3 aromatic rings. The van der Waals surface area contributed by atoms with Crippen LogP contribution in [0.15, 0.2) is 59.0 Å². The number of hydrogen-bond acceptors (Lipinski definition) is 5. The third kappa shape index (κ3) is 6.55. The van der Waals surface area contributed by atoms with Crippen molar-refractivity contribution in [3.63, 3.8) is 0 Å². The van der Waals surface area contributed by atoms with Crippen molar-refractivity contribution in [1.82, 2.24) is 3.97 Å². The van der Waals surface area contributed by atoms with Gasteiger partial charge in [-0.2, -0.15) is 0 Å². The molecule has 2 aromatic carbocycles. The Hall–Kier alpha value is -2.39. The van der Waals surface area contributed by atoms with Crippen molar-refractivity contribution in [2.24, 2.45) is 0 Å². The van der Waals surface area contributed by atoms with Crippen molar-refractivity contribution < 1.29 is 22.3 Å². The van der Waals surface area contributed by atoms with Crippen LogP contribution in [0.5, 0.6) is 5.75 Å². The molecule has 0 aliphatic carbocycles. The molecule has 0 bridgehead atoms. The van der Waals surface area contributed by atoms with Crippen molar-refractivity contribution in [3.8, 4) is 5.75 Å².